The Hall–Kier alpha value is -4.26. The van der Waals surface area contributed by atoms with Crippen LogP contribution in [0.4, 0.5) is 36.2 Å². The molecule has 0 aliphatic rings. The quantitative estimate of drug-likeness (QED) is 0.317. The fourth-order valence-corrected chi connectivity index (χ4v) is 4.07. The van der Waals surface area contributed by atoms with Crippen LogP contribution in [-0.4, -0.2) is 71.5 Å². The molecule has 2 aromatic carbocycles. The molecule has 0 amide bonds. The minimum atomic E-state index is -4.57. The number of imidazole rings is 1. The smallest absolute Gasteiger partial charge is 0.406 e. The Balaban J connectivity index is 1.70. The molecule has 2 aromatic heterocycles. The molecule has 0 saturated carbocycles. The number of para-hydroxylation sites is 2. The summed E-state index contributed by atoms with van der Waals surface area (Å²) >= 11 is 0. The second-order valence-corrected chi connectivity index (χ2v) is 9.01. The van der Waals surface area contributed by atoms with Gasteiger partial charge in [-0.15, -0.1) is 0 Å². The van der Waals surface area contributed by atoms with Crippen LogP contribution in [0.2, 0.25) is 0 Å². The Morgan fingerprint density at radius 3 is 2.45 bits per heavy atom. The fourth-order valence-electron chi connectivity index (χ4n) is 4.07. The molecule has 13 heteroatoms. The summed E-state index contributed by atoms with van der Waals surface area (Å²) in [5.74, 6) is 0.698. The van der Waals surface area contributed by atoms with Crippen LogP contribution < -0.4 is 26.4 Å². The van der Waals surface area contributed by atoms with E-state index < -0.39 is 18.4 Å². The van der Waals surface area contributed by atoms with Crippen molar-refractivity contribution in [2.45, 2.75) is 12.7 Å². The Bertz CT molecular complexity index is 1500. The van der Waals surface area contributed by atoms with Crippen LogP contribution in [0.15, 0.2) is 53.5 Å². The fraction of sp³-hybridized carbons (Fsp3) is 0.320. The lowest BCUT2D eigenvalue weighted by Gasteiger charge is -2.24. The van der Waals surface area contributed by atoms with Gasteiger partial charge in [0.2, 0.25) is 5.95 Å². The molecule has 0 spiro atoms. The maximum atomic E-state index is 13.2. The summed E-state index contributed by atoms with van der Waals surface area (Å²) in [4.78, 5) is 25.8. The molecule has 0 aliphatic carbocycles. The zero-order valence-electron chi connectivity index (χ0n) is 21.5. The number of rotatable bonds is 9. The maximum absolute atomic E-state index is 13.2. The van der Waals surface area contributed by atoms with Gasteiger partial charge >= 0.3 is 11.9 Å². The second-order valence-electron chi connectivity index (χ2n) is 9.01. The van der Waals surface area contributed by atoms with Crippen molar-refractivity contribution in [3.05, 3.63) is 59.1 Å². The summed E-state index contributed by atoms with van der Waals surface area (Å²) < 4.78 is 47.0. The van der Waals surface area contributed by atoms with Crippen molar-refractivity contribution in [3.8, 4) is 11.6 Å². The van der Waals surface area contributed by atoms with Crippen LogP contribution in [0.3, 0.4) is 0 Å². The molecule has 0 atom stereocenters. The standard InChI is InChI=1S/C25H29F3N8O2/c1-33(2)11-12-34(3)20-14-21(38-4)17(13-16(20)29)31-23-30-10-9-22(32-23)36-19-8-6-5-7-18(19)35(24(36)37)15-25(26,27)28/h5-10,13-14H,11-12,15,29H2,1-4H3,(H,30,31,32). The number of methoxy groups -OCH3 is 1. The van der Waals surface area contributed by atoms with Gasteiger partial charge in [0.05, 0.1) is 35.2 Å². The van der Waals surface area contributed by atoms with Crippen molar-refractivity contribution in [1.29, 1.82) is 0 Å². The van der Waals surface area contributed by atoms with E-state index >= 15 is 0 Å². The summed E-state index contributed by atoms with van der Waals surface area (Å²) in [6.07, 6.45) is -3.16. The summed E-state index contributed by atoms with van der Waals surface area (Å²) in [6.45, 7) is 0.161. The topological polar surface area (TPSA) is 106 Å². The molecule has 2 heterocycles. The summed E-state index contributed by atoms with van der Waals surface area (Å²) in [5, 5.41) is 3.05. The molecule has 4 aromatic rings. The second kappa shape index (κ2) is 10.6. The molecule has 4 rings (SSSR count). The summed E-state index contributed by atoms with van der Waals surface area (Å²) in [6, 6.07) is 11.2. The zero-order valence-corrected chi connectivity index (χ0v) is 21.5. The molecular formula is C25H29F3N8O2. The minimum Gasteiger partial charge on any atom is -0.494 e. The van der Waals surface area contributed by atoms with Crippen LogP contribution in [0.1, 0.15) is 0 Å². The molecule has 202 valence electrons. The molecule has 0 unspecified atom stereocenters. The predicted molar refractivity (Wildman–Crippen MR) is 142 cm³/mol. The molecule has 3 N–H and O–H groups in total. The summed E-state index contributed by atoms with van der Waals surface area (Å²) in [5.41, 5.74) is 7.67. The number of hydrogen-bond acceptors (Lipinski definition) is 8. The molecular weight excluding hydrogens is 501 g/mol. The highest BCUT2D eigenvalue weighted by atomic mass is 19.4. The number of nitrogen functional groups attached to an aromatic ring is 1. The van der Waals surface area contributed by atoms with Crippen LogP contribution in [-0.2, 0) is 6.54 Å². The lowest BCUT2D eigenvalue weighted by molar-refractivity contribution is -0.140. The van der Waals surface area contributed by atoms with Crippen molar-refractivity contribution in [2.24, 2.45) is 0 Å². The normalized spacial score (nSPS) is 11.8. The van der Waals surface area contributed by atoms with Gasteiger partial charge in [-0.05, 0) is 32.3 Å². The van der Waals surface area contributed by atoms with Crippen LogP contribution in [0.5, 0.6) is 5.75 Å². The Morgan fingerprint density at radius 1 is 1.08 bits per heavy atom. The highest BCUT2D eigenvalue weighted by molar-refractivity contribution is 5.80. The van der Waals surface area contributed by atoms with E-state index in [0.29, 0.717) is 27.2 Å². The largest absolute Gasteiger partial charge is 0.494 e. The van der Waals surface area contributed by atoms with Crippen molar-refractivity contribution < 1.29 is 17.9 Å². The first-order valence-electron chi connectivity index (χ1n) is 11.7. The summed E-state index contributed by atoms with van der Waals surface area (Å²) in [7, 11) is 7.43. The van der Waals surface area contributed by atoms with Crippen molar-refractivity contribution >= 4 is 34.0 Å². The highest BCUT2D eigenvalue weighted by Gasteiger charge is 2.31. The van der Waals surface area contributed by atoms with Gasteiger partial charge in [-0.3, -0.25) is 4.57 Å². The lowest BCUT2D eigenvalue weighted by atomic mass is 10.2. The average molecular weight is 531 g/mol. The molecule has 10 nitrogen and oxygen atoms in total. The SMILES string of the molecule is COc1cc(N(C)CCN(C)C)c(N)cc1Nc1nccc(-n2c(=O)n(CC(F)(F)F)c3ccccc32)n1. The lowest BCUT2D eigenvalue weighted by Crippen LogP contribution is -2.29. The van der Waals surface area contributed by atoms with Crippen molar-refractivity contribution in [1.82, 2.24) is 24.0 Å². The molecule has 0 radical (unpaired) electrons. The predicted octanol–water partition coefficient (Wildman–Crippen LogP) is 3.48. The van der Waals surface area contributed by atoms with Gasteiger partial charge in [0, 0.05) is 38.5 Å². The van der Waals surface area contributed by atoms with Gasteiger partial charge in [0.15, 0.2) is 0 Å². The average Bonchev–Trinajstić information content (AvgIpc) is 3.12. The number of likely N-dealkylation sites (N-methyl/N-ethyl adjacent to an activating group) is 2. The van der Waals surface area contributed by atoms with E-state index in [-0.39, 0.29) is 17.3 Å². The van der Waals surface area contributed by atoms with Crippen LogP contribution in [0.25, 0.3) is 16.9 Å². The number of nitrogens with two attached hydrogens (primary N) is 1. The minimum absolute atomic E-state index is 0.105. The van der Waals surface area contributed by atoms with Gasteiger partial charge in [0.25, 0.3) is 0 Å². The van der Waals surface area contributed by atoms with Crippen molar-refractivity contribution in [3.63, 3.8) is 0 Å². The van der Waals surface area contributed by atoms with E-state index in [1.54, 1.807) is 30.3 Å². The maximum Gasteiger partial charge on any atom is 0.406 e. The third-order valence-corrected chi connectivity index (χ3v) is 5.93. The molecule has 0 saturated heterocycles. The van der Waals surface area contributed by atoms with Gasteiger partial charge < -0.3 is 25.6 Å². The van der Waals surface area contributed by atoms with Gasteiger partial charge in [-0.25, -0.2) is 14.3 Å². The van der Waals surface area contributed by atoms with E-state index in [2.05, 4.69) is 20.2 Å². The first-order valence-corrected chi connectivity index (χ1v) is 11.7. The van der Waals surface area contributed by atoms with Gasteiger partial charge in [-0.1, -0.05) is 12.1 Å². The number of benzene rings is 2. The molecule has 0 fully saturated rings. The number of nitrogens with zero attached hydrogens (tertiary/aromatic N) is 6. The number of hydrogen-bond donors (Lipinski definition) is 2. The van der Waals surface area contributed by atoms with E-state index in [1.165, 1.54) is 25.4 Å². The zero-order chi connectivity index (χ0) is 27.6. The monoisotopic (exact) mass is 530 g/mol. The van der Waals surface area contributed by atoms with Crippen molar-refractivity contribution in [2.75, 3.05) is 57.3 Å². The Labute approximate surface area is 217 Å². The van der Waals surface area contributed by atoms with Crippen LogP contribution >= 0.6 is 0 Å². The van der Waals surface area contributed by atoms with E-state index in [4.69, 9.17) is 10.5 Å². The van der Waals surface area contributed by atoms with Crippen LogP contribution in [0, 0.1) is 0 Å². The number of fused-ring (bicyclic) bond motifs is 1. The van der Waals surface area contributed by atoms with Gasteiger partial charge in [0.1, 0.15) is 18.1 Å². The Morgan fingerprint density at radius 2 is 1.79 bits per heavy atom. The number of ether oxygens (including phenoxy) is 1. The number of aromatic nitrogens is 4. The number of anilines is 4. The highest BCUT2D eigenvalue weighted by Crippen LogP contribution is 2.36. The number of alkyl halides is 3. The first-order chi connectivity index (χ1) is 18.0. The van der Waals surface area contributed by atoms with E-state index in [9.17, 15) is 18.0 Å². The number of halogens is 3. The third kappa shape index (κ3) is 5.67. The van der Waals surface area contributed by atoms with E-state index in [1.807, 2.05) is 26.0 Å². The molecule has 0 bridgehead atoms. The van der Waals surface area contributed by atoms with Gasteiger partial charge in [-0.2, -0.15) is 18.2 Å². The molecule has 38 heavy (non-hydrogen) atoms. The Kier molecular flexibility index (Phi) is 7.49. The molecule has 0 aliphatic heterocycles. The third-order valence-electron chi connectivity index (χ3n) is 5.93. The van der Waals surface area contributed by atoms with E-state index in [0.717, 1.165) is 23.3 Å². The first kappa shape index (κ1) is 26.8. The number of nitrogens with one attached hydrogen (secondary N) is 1.